The molecule has 0 aliphatic carbocycles. The first-order chi connectivity index (χ1) is 13.4. The fourth-order valence-corrected chi connectivity index (χ4v) is 4.49. The van der Waals surface area contributed by atoms with E-state index in [0.717, 1.165) is 16.4 Å². The summed E-state index contributed by atoms with van der Waals surface area (Å²) in [4.78, 5) is 13.9. The number of sulfonamides is 1. The number of nitrogens with zero attached hydrogens (tertiary/aromatic N) is 5. The van der Waals surface area contributed by atoms with Crippen molar-refractivity contribution in [3.05, 3.63) is 60.1 Å². The normalized spacial score (nSPS) is 15.9. The van der Waals surface area contributed by atoms with E-state index in [4.69, 9.17) is 0 Å². The predicted molar refractivity (Wildman–Crippen MR) is 94.0 cm³/mol. The molecule has 0 bridgehead atoms. The number of amides is 1. The number of carbonyl (C=O) groups excluding carboxylic acids is 1. The summed E-state index contributed by atoms with van der Waals surface area (Å²) >= 11 is 0. The smallest absolute Gasteiger partial charge is 0.255 e. The number of fused-ring (bicyclic) bond motifs is 1. The van der Waals surface area contributed by atoms with Gasteiger partial charge in [0.2, 0.25) is 10.0 Å². The van der Waals surface area contributed by atoms with Gasteiger partial charge < -0.3 is 4.90 Å². The van der Waals surface area contributed by atoms with Gasteiger partial charge in [-0.2, -0.15) is 4.31 Å². The molecule has 11 heteroatoms. The average molecular weight is 407 g/mol. The van der Waals surface area contributed by atoms with Crippen LogP contribution in [0.5, 0.6) is 0 Å². The molecule has 0 saturated carbocycles. The zero-order valence-electron chi connectivity index (χ0n) is 14.5. The predicted octanol–water partition coefficient (Wildman–Crippen LogP) is 1.15. The van der Waals surface area contributed by atoms with Crippen molar-refractivity contribution in [3.8, 4) is 0 Å². The lowest BCUT2D eigenvalue weighted by atomic mass is 10.2. The molecule has 0 N–H and O–H groups in total. The molecule has 146 valence electrons. The lowest BCUT2D eigenvalue weighted by Crippen LogP contribution is -2.50. The third kappa shape index (κ3) is 3.22. The average Bonchev–Trinajstić information content (AvgIpc) is 3.17. The minimum absolute atomic E-state index is 0.0575. The van der Waals surface area contributed by atoms with Crippen LogP contribution in [0.1, 0.15) is 10.4 Å². The minimum Gasteiger partial charge on any atom is -0.336 e. The molecule has 1 aliphatic heterocycles. The second-order valence-corrected chi connectivity index (χ2v) is 8.22. The summed E-state index contributed by atoms with van der Waals surface area (Å²) < 4.78 is 54.5. The van der Waals surface area contributed by atoms with Gasteiger partial charge in [0, 0.05) is 32.4 Å². The number of carbonyl (C=O) groups is 1. The van der Waals surface area contributed by atoms with Crippen molar-refractivity contribution in [1.29, 1.82) is 0 Å². The van der Waals surface area contributed by atoms with Crippen molar-refractivity contribution in [2.75, 3.05) is 26.2 Å². The largest absolute Gasteiger partial charge is 0.336 e. The van der Waals surface area contributed by atoms with Crippen LogP contribution < -0.4 is 0 Å². The molecule has 1 saturated heterocycles. The number of hydrogen-bond acceptors (Lipinski definition) is 5. The summed E-state index contributed by atoms with van der Waals surface area (Å²) in [5.74, 6) is -2.57. The Labute approximate surface area is 159 Å². The van der Waals surface area contributed by atoms with Crippen LogP contribution in [-0.2, 0) is 10.0 Å². The molecule has 28 heavy (non-hydrogen) atoms. The van der Waals surface area contributed by atoms with Gasteiger partial charge in [0.15, 0.2) is 17.3 Å². The van der Waals surface area contributed by atoms with Crippen LogP contribution in [0.25, 0.3) is 5.65 Å². The van der Waals surface area contributed by atoms with Crippen molar-refractivity contribution in [3.63, 3.8) is 0 Å². The lowest BCUT2D eigenvalue weighted by Gasteiger charge is -2.34. The Morgan fingerprint density at radius 2 is 1.75 bits per heavy atom. The molecule has 1 aromatic carbocycles. The molecule has 0 atom stereocenters. The number of piperazine rings is 1. The molecule has 8 nitrogen and oxygen atoms in total. The Hall–Kier alpha value is -2.92. The monoisotopic (exact) mass is 407 g/mol. The Morgan fingerprint density at radius 3 is 2.46 bits per heavy atom. The third-order valence-electron chi connectivity index (χ3n) is 4.59. The van der Waals surface area contributed by atoms with Gasteiger partial charge >= 0.3 is 0 Å². The van der Waals surface area contributed by atoms with Crippen LogP contribution in [0, 0.1) is 11.6 Å². The van der Waals surface area contributed by atoms with Gasteiger partial charge in [-0.05, 0) is 30.3 Å². The Bertz CT molecular complexity index is 1160. The highest BCUT2D eigenvalue weighted by Gasteiger charge is 2.31. The SMILES string of the molecule is O=C(c1ccc2nncn2c1)N1CCN(S(=O)(=O)c2ccc(F)c(F)c2)CC1. The molecule has 0 radical (unpaired) electrons. The molecule has 0 spiro atoms. The Kier molecular flexibility index (Phi) is 4.55. The molecule has 3 heterocycles. The standard InChI is InChI=1S/C17H15F2N5O3S/c18-14-3-2-13(9-15(14)19)28(26,27)24-7-5-22(6-8-24)17(25)12-1-4-16-21-20-11-23(16)10-12/h1-4,9-11H,5-8H2. The maximum atomic E-state index is 13.4. The van der Waals surface area contributed by atoms with Gasteiger partial charge in [-0.25, -0.2) is 17.2 Å². The number of rotatable bonds is 3. The van der Waals surface area contributed by atoms with Crippen molar-refractivity contribution in [1.82, 2.24) is 23.8 Å². The van der Waals surface area contributed by atoms with E-state index in [1.165, 1.54) is 6.33 Å². The summed E-state index contributed by atoms with van der Waals surface area (Å²) in [6.45, 7) is 0.480. The van der Waals surface area contributed by atoms with E-state index >= 15 is 0 Å². The molecule has 1 amide bonds. The van der Waals surface area contributed by atoms with Crippen LogP contribution in [0.3, 0.4) is 0 Å². The molecule has 3 aromatic rings. The zero-order chi connectivity index (χ0) is 19.9. The Balaban J connectivity index is 1.47. The highest BCUT2D eigenvalue weighted by molar-refractivity contribution is 7.89. The minimum atomic E-state index is -3.97. The molecule has 1 aliphatic rings. The van der Waals surface area contributed by atoms with Gasteiger partial charge in [-0.1, -0.05) is 0 Å². The number of hydrogen-bond donors (Lipinski definition) is 0. The second-order valence-electron chi connectivity index (χ2n) is 6.29. The fourth-order valence-electron chi connectivity index (χ4n) is 3.05. The van der Waals surface area contributed by atoms with E-state index in [2.05, 4.69) is 10.2 Å². The number of aromatic nitrogens is 3. The first-order valence-electron chi connectivity index (χ1n) is 8.40. The summed E-state index contributed by atoms with van der Waals surface area (Å²) in [5.41, 5.74) is 1.04. The third-order valence-corrected chi connectivity index (χ3v) is 6.49. The summed E-state index contributed by atoms with van der Waals surface area (Å²) in [6, 6.07) is 5.78. The van der Waals surface area contributed by atoms with Gasteiger partial charge in [0.1, 0.15) is 6.33 Å². The van der Waals surface area contributed by atoms with Gasteiger partial charge in [0.05, 0.1) is 10.5 Å². The number of halogens is 2. The second kappa shape index (κ2) is 6.91. The van der Waals surface area contributed by atoms with E-state index in [1.54, 1.807) is 27.6 Å². The molecular formula is C17H15F2N5O3S. The number of pyridine rings is 1. The highest BCUT2D eigenvalue weighted by Crippen LogP contribution is 2.20. The maximum Gasteiger partial charge on any atom is 0.255 e. The van der Waals surface area contributed by atoms with E-state index in [9.17, 15) is 22.0 Å². The molecule has 0 unspecified atom stereocenters. The van der Waals surface area contributed by atoms with E-state index in [1.807, 2.05) is 0 Å². The van der Waals surface area contributed by atoms with Crippen molar-refractivity contribution in [2.45, 2.75) is 4.90 Å². The zero-order valence-corrected chi connectivity index (χ0v) is 15.3. The molecular weight excluding hydrogens is 392 g/mol. The molecule has 4 rings (SSSR count). The van der Waals surface area contributed by atoms with Crippen LogP contribution in [0.15, 0.2) is 47.8 Å². The van der Waals surface area contributed by atoms with Crippen LogP contribution in [0.2, 0.25) is 0 Å². The first-order valence-corrected chi connectivity index (χ1v) is 9.84. The fraction of sp³-hybridized carbons (Fsp3) is 0.235. The van der Waals surface area contributed by atoms with Crippen molar-refractivity contribution in [2.24, 2.45) is 0 Å². The lowest BCUT2D eigenvalue weighted by molar-refractivity contribution is 0.0697. The number of benzene rings is 1. The summed E-state index contributed by atoms with van der Waals surface area (Å²) in [7, 11) is -3.97. The van der Waals surface area contributed by atoms with Crippen LogP contribution in [-0.4, -0.2) is 64.3 Å². The maximum absolute atomic E-state index is 13.4. The van der Waals surface area contributed by atoms with Crippen LogP contribution in [0.4, 0.5) is 8.78 Å². The molecule has 1 fully saturated rings. The van der Waals surface area contributed by atoms with Crippen molar-refractivity contribution < 1.29 is 22.0 Å². The van der Waals surface area contributed by atoms with Gasteiger partial charge in [-0.15, -0.1) is 10.2 Å². The Morgan fingerprint density at radius 1 is 1.00 bits per heavy atom. The van der Waals surface area contributed by atoms with E-state index < -0.39 is 21.7 Å². The topological polar surface area (TPSA) is 87.9 Å². The quantitative estimate of drug-likeness (QED) is 0.650. The van der Waals surface area contributed by atoms with E-state index in [-0.39, 0.29) is 37.0 Å². The van der Waals surface area contributed by atoms with Gasteiger partial charge in [-0.3, -0.25) is 9.20 Å². The summed E-state index contributed by atoms with van der Waals surface area (Å²) in [5, 5.41) is 7.63. The van der Waals surface area contributed by atoms with E-state index in [0.29, 0.717) is 17.3 Å². The van der Waals surface area contributed by atoms with Crippen molar-refractivity contribution >= 4 is 21.6 Å². The van der Waals surface area contributed by atoms with Crippen LogP contribution >= 0.6 is 0 Å². The summed E-state index contributed by atoms with van der Waals surface area (Å²) in [6.07, 6.45) is 3.10. The molecule has 2 aromatic heterocycles. The van der Waals surface area contributed by atoms with Gasteiger partial charge in [0.25, 0.3) is 5.91 Å². The highest BCUT2D eigenvalue weighted by atomic mass is 32.2. The first kappa shape index (κ1) is 18.4.